The predicted octanol–water partition coefficient (Wildman–Crippen LogP) is 5.70. The van der Waals surface area contributed by atoms with Gasteiger partial charge in [0.1, 0.15) is 11.6 Å². The van der Waals surface area contributed by atoms with E-state index in [9.17, 15) is 4.39 Å². The van der Waals surface area contributed by atoms with E-state index < -0.39 is 0 Å². The van der Waals surface area contributed by atoms with Crippen molar-refractivity contribution in [3.63, 3.8) is 0 Å². The number of hydrogen-bond acceptors (Lipinski definition) is 5. The van der Waals surface area contributed by atoms with Crippen molar-refractivity contribution < 1.29 is 4.39 Å². The molecule has 34 heavy (non-hydrogen) atoms. The number of pyridine rings is 2. The first-order chi connectivity index (χ1) is 16.5. The van der Waals surface area contributed by atoms with Gasteiger partial charge in [-0.2, -0.15) is 0 Å². The summed E-state index contributed by atoms with van der Waals surface area (Å²) in [6.07, 6.45) is 3.00. The zero-order valence-electron chi connectivity index (χ0n) is 19.1. The third-order valence-corrected chi connectivity index (χ3v) is 6.53. The van der Waals surface area contributed by atoms with Crippen LogP contribution >= 0.6 is 11.6 Å². The summed E-state index contributed by atoms with van der Waals surface area (Å²) in [6.45, 7) is 4.03. The smallest absolute Gasteiger partial charge is 0.128 e. The van der Waals surface area contributed by atoms with Gasteiger partial charge in [0.15, 0.2) is 0 Å². The molecule has 0 radical (unpaired) electrons. The quantitative estimate of drug-likeness (QED) is 0.387. The maximum absolute atomic E-state index is 14.6. The Balaban J connectivity index is 1.30. The van der Waals surface area contributed by atoms with E-state index >= 15 is 0 Å². The largest absolute Gasteiger partial charge is 0.355 e. The molecule has 0 saturated carbocycles. The average molecular weight is 476 g/mol. The minimum absolute atomic E-state index is 0.202. The normalized spacial score (nSPS) is 14.5. The van der Waals surface area contributed by atoms with Crippen LogP contribution in [-0.4, -0.2) is 48.1 Å². The van der Waals surface area contributed by atoms with Gasteiger partial charge in [-0.25, -0.2) is 9.37 Å². The summed E-state index contributed by atoms with van der Waals surface area (Å²) in [7, 11) is 2.14. The number of piperazine rings is 1. The molecule has 7 heteroatoms. The van der Waals surface area contributed by atoms with E-state index in [4.69, 9.17) is 16.6 Å². The number of aryl methyl sites for hydroxylation is 2. The first kappa shape index (κ1) is 22.6. The molecule has 1 saturated heterocycles. The minimum atomic E-state index is -0.202. The van der Waals surface area contributed by atoms with Gasteiger partial charge in [0.25, 0.3) is 0 Å². The topological polar surface area (TPSA) is 44.3 Å². The fraction of sp³-hybridized carbons (Fsp3) is 0.259. The Bertz CT molecular complexity index is 1300. The number of nitrogens with zero attached hydrogens (tertiary/aromatic N) is 4. The van der Waals surface area contributed by atoms with Gasteiger partial charge < -0.3 is 15.1 Å². The fourth-order valence-corrected chi connectivity index (χ4v) is 4.48. The van der Waals surface area contributed by atoms with Crippen LogP contribution in [0.3, 0.4) is 0 Å². The van der Waals surface area contributed by atoms with Crippen LogP contribution in [0.5, 0.6) is 0 Å². The third-order valence-electron chi connectivity index (χ3n) is 6.30. The number of fused-ring (bicyclic) bond motifs is 1. The van der Waals surface area contributed by atoms with Crippen LogP contribution < -0.4 is 10.2 Å². The molecule has 4 aromatic rings. The molecule has 5 rings (SSSR count). The van der Waals surface area contributed by atoms with Gasteiger partial charge >= 0.3 is 0 Å². The van der Waals surface area contributed by atoms with Gasteiger partial charge in [-0.3, -0.25) is 4.98 Å². The van der Waals surface area contributed by atoms with Crippen molar-refractivity contribution >= 4 is 39.7 Å². The van der Waals surface area contributed by atoms with E-state index in [1.54, 1.807) is 12.3 Å². The lowest BCUT2D eigenvalue weighted by Crippen LogP contribution is -2.44. The summed E-state index contributed by atoms with van der Waals surface area (Å²) in [5, 5.41) is 5.02. The summed E-state index contributed by atoms with van der Waals surface area (Å²) in [4.78, 5) is 13.9. The summed E-state index contributed by atoms with van der Waals surface area (Å²) in [5.74, 6) is 0.804. The highest BCUT2D eigenvalue weighted by Crippen LogP contribution is 2.28. The number of aromatic nitrogens is 2. The Morgan fingerprint density at radius 3 is 2.68 bits per heavy atom. The highest BCUT2D eigenvalue weighted by Gasteiger charge is 2.15. The van der Waals surface area contributed by atoms with Crippen molar-refractivity contribution in [1.29, 1.82) is 0 Å². The molecule has 0 amide bonds. The molecule has 5 nitrogen and oxygen atoms in total. The van der Waals surface area contributed by atoms with Crippen molar-refractivity contribution in [2.75, 3.05) is 43.4 Å². The van der Waals surface area contributed by atoms with Crippen molar-refractivity contribution in [3.8, 4) is 0 Å². The van der Waals surface area contributed by atoms with Crippen LogP contribution in [0.15, 0.2) is 66.9 Å². The van der Waals surface area contributed by atoms with E-state index in [1.165, 1.54) is 6.07 Å². The van der Waals surface area contributed by atoms with Crippen molar-refractivity contribution in [1.82, 2.24) is 14.9 Å². The lowest BCUT2D eigenvalue weighted by atomic mass is 10.1. The van der Waals surface area contributed by atoms with Crippen LogP contribution in [0.25, 0.3) is 10.9 Å². The lowest BCUT2D eigenvalue weighted by Gasteiger charge is -2.33. The van der Waals surface area contributed by atoms with Crippen molar-refractivity contribution in [3.05, 3.63) is 89.0 Å². The Morgan fingerprint density at radius 2 is 1.82 bits per heavy atom. The van der Waals surface area contributed by atoms with Gasteiger partial charge in [0.2, 0.25) is 0 Å². The molecule has 1 aliphatic rings. The number of anilines is 3. The SMILES string of the molecule is CN1CCN(c2cccc(CCc3cc(Nc4ccnc5cc(Cl)ccc45)ccc3F)n2)CC1. The van der Waals surface area contributed by atoms with Gasteiger partial charge in [-0.1, -0.05) is 17.7 Å². The lowest BCUT2D eigenvalue weighted by molar-refractivity contribution is 0.312. The zero-order chi connectivity index (χ0) is 23.5. The second-order valence-corrected chi connectivity index (χ2v) is 9.17. The van der Waals surface area contributed by atoms with Crippen LogP contribution in [0.1, 0.15) is 11.3 Å². The number of benzene rings is 2. The minimum Gasteiger partial charge on any atom is -0.355 e. The van der Waals surface area contributed by atoms with Crippen molar-refractivity contribution in [2.45, 2.75) is 12.8 Å². The van der Waals surface area contributed by atoms with E-state index in [0.717, 1.165) is 60.0 Å². The Labute approximate surface area is 204 Å². The maximum atomic E-state index is 14.6. The number of halogens is 2. The summed E-state index contributed by atoms with van der Waals surface area (Å²) >= 11 is 6.10. The van der Waals surface area contributed by atoms with E-state index in [2.05, 4.69) is 33.2 Å². The molecule has 1 fully saturated rings. The molecular formula is C27H27ClFN5. The van der Waals surface area contributed by atoms with Crippen LogP contribution in [0.2, 0.25) is 5.02 Å². The number of nitrogens with one attached hydrogen (secondary N) is 1. The van der Waals surface area contributed by atoms with E-state index in [1.807, 2.05) is 42.5 Å². The van der Waals surface area contributed by atoms with Gasteiger partial charge in [0, 0.05) is 59.9 Å². The molecule has 0 bridgehead atoms. The highest BCUT2D eigenvalue weighted by molar-refractivity contribution is 6.31. The molecule has 0 aliphatic carbocycles. The molecule has 3 heterocycles. The first-order valence-corrected chi connectivity index (χ1v) is 11.9. The van der Waals surface area contributed by atoms with Crippen molar-refractivity contribution in [2.24, 2.45) is 0 Å². The molecule has 174 valence electrons. The summed E-state index contributed by atoms with van der Waals surface area (Å²) < 4.78 is 14.6. The van der Waals surface area contributed by atoms with Gasteiger partial charge in [-0.15, -0.1) is 0 Å². The average Bonchev–Trinajstić information content (AvgIpc) is 2.85. The number of hydrogen-bond donors (Lipinski definition) is 1. The second kappa shape index (κ2) is 9.95. The van der Waals surface area contributed by atoms with E-state index in [0.29, 0.717) is 23.4 Å². The van der Waals surface area contributed by atoms with Gasteiger partial charge in [-0.05, 0) is 80.1 Å². The summed E-state index contributed by atoms with van der Waals surface area (Å²) in [6, 6.07) is 18.8. The highest BCUT2D eigenvalue weighted by atomic mass is 35.5. The molecular weight excluding hydrogens is 449 g/mol. The maximum Gasteiger partial charge on any atom is 0.128 e. The first-order valence-electron chi connectivity index (χ1n) is 11.5. The molecule has 1 aliphatic heterocycles. The second-order valence-electron chi connectivity index (χ2n) is 8.73. The van der Waals surface area contributed by atoms with Crippen LogP contribution in [0.4, 0.5) is 21.6 Å². The van der Waals surface area contributed by atoms with E-state index in [-0.39, 0.29) is 5.82 Å². The molecule has 0 unspecified atom stereocenters. The fourth-order valence-electron chi connectivity index (χ4n) is 4.31. The molecule has 2 aromatic carbocycles. The molecule has 1 N–H and O–H groups in total. The standard InChI is InChI=1S/C27H27ClFN5/c1-33-13-15-34(16-14-33)27-4-2-3-21(32-27)7-5-19-17-22(8-10-24(19)29)31-25-11-12-30-26-18-20(28)6-9-23(25)26/h2-4,6,8-12,17-18H,5,7,13-16H2,1H3,(H,30,31). The molecule has 0 atom stereocenters. The number of likely N-dealkylation sites (N-methyl/N-ethyl adjacent to an activating group) is 1. The molecule has 2 aromatic heterocycles. The Morgan fingerprint density at radius 1 is 0.971 bits per heavy atom. The Hall–Kier alpha value is -3.22. The van der Waals surface area contributed by atoms with Crippen LogP contribution in [-0.2, 0) is 12.8 Å². The monoisotopic (exact) mass is 475 g/mol. The number of rotatable bonds is 6. The Kier molecular flexibility index (Phi) is 6.61. The zero-order valence-corrected chi connectivity index (χ0v) is 19.9. The third kappa shape index (κ3) is 5.13. The predicted molar refractivity (Wildman–Crippen MR) is 138 cm³/mol. The van der Waals surface area contributed by atoms with Crippen LogP contribution in [0, 0.1) is 5.82 Å². The van der Waals surface area contributed by atoms with Gasteiger partial charge in [0.05, 0.1) is 5.52 Å². The summed E-state index contributed by atoms with van der Waals surface area (Å²) in [5.41, 5.74) is 4.19. The molecule has 0 spiro atoms.